The van der Waals surface area contributed by atoms with Crippen LogP contribution in [0.3, 0.4) is 0 Å². The highest BCUT2D eigenvalue weighted by Crippen LogP contribution is 2.26. The monoisotopic (exact) mass is 370 g/mol. The first-order valence-electron chi connectivity index (χ1n) is 8.06. The van der Waals surface area contributed by atoms with Gasteiger partial charge in [-0.2, -0.15) is 9.78 Å². The number of carbonyl (C=O) groups is 1. The third-order valence-electron chi connectivity index (χ3n) is 3.75. The first-order chi connectivity index (χ1) is 12.6. The molecular weight excluding hydrogens is 352 g/mol. The minimum absolute atomic E-state index is 0.122. The Hall–Kier alpha value is -2.87. The Morgan fingerprint density at radius 1 is 1.31 bits per heavy atom. The van der Waals surface area contributed by atoms with E-state index in [1.54, 1.807) is 23.2 Å². The summed E-state index contributed by atoms with van der Waals surface area (Å²) in [6.07, 6.45) is 4.25. The molecule has 2 aromatic heterocycles. The Labute approximate surface area is 154 Å². The summed E-state index contributed by atoms with van der Waals surface area (Å²) in [5.74, 6) is 0.148. The minimum Gasteiger partial charge on any atom is -0.481 e. The highest BCUT2D eigenvalue weighted by Gasteiger charge is 2.18. The Bertz CT molecular complexity index is 928. The molecule has 7 nitrogen and oxygen atoms in total. The zero-order valence-electron chi connectivity index (χ0n) is 14.4. The van der Waals surface area contributed by atoms with E-state index in [1.165, 1.54) is 5.56 Å². The maximum Gasteiger partial charge on any atom is 0.313 e. The van der Waals surface area contributed by atoms with E-state index in [-0.39, 0.29) is 5.75 Å². The van der Waals surface area contributed by atoms with Crippen molar-refractivity contribution in [2.24, 2.45) is 5.10 Å². The van der Waals surface area contributed by atoms with Crippen LogP contribution >= 0.6 is 11.8 Å². The van der Waals surface area contributed by atoms with E-state index in [0.717, 1.165) is 29.3 Å². The number of benzene rings is 1. The number of carboxylic acid groups (broad SMARTS) is 1. The molecule has 0 bridgehead atoms. The summed E-state index contributed by atoms with van der Waals surface area (Å²) >= 11 is 1.07. The number of hydrogen-bond acceptors (Lipinski definition) is 6. The van der Waals surface area contributed by atoms with Crippen LogP contribution in [0.15, 0.2) is 51.3 Å². The molecule has 0 aliphatic heterocycles. The fourth-order valence-electron chi connectivity index (χ4n) is 2.33. The highest BCUT2D eigenvalue weighted by atomic mass is 32.2. The van der Waals surface area contributed by atoms with Gasteiger partial charge in [-0.25, -0.2) is 0 Å². The van der Waals surface area contributed by atoms with Crippen LogP contribution in [0.5, 0.6) is 0 Å². The van der Waals surface area contributed by atoms with Gasteiger partial charge in [0, 0.05) is 0 Å². The van der Waals surface area contributed by atoms with Gasteiger partial charge in [-0.05, 0) is 30.5 Å². The Kier molecular flexibility index (Phi) is 5.52. The standard InChI is InChI=1S/C18H18N4O3S/c1-3-13-4-6-14(7-5-13)10-19-22-17(15-8-9-25-12(15)2)20-21-18(22)26-11-16(23)24/h4-10H,3,11H2,1-2H3,(H,23,24)/b19-10-. The number of nitrogens with zero attached hydrogens (tertiary/aromatic N) is 4. The molecule has 2 heterocycles. The molecule has 26 heavy (non-hydrogen) atoms. The van der Waals surface area contributed by atoms with Crippen molar-refractivity contribution < 1.29 is 14.3 Å². The molecule has 0 aliphatic carbocycles. The van der Waals surface area contributed by atoms with Crippen LogP contribution in [-0.4, -0.2) is 37.9 Å². The maximum absolute atomic E-state index is 10.9. The lowest BCUT2D eigenvalue weighted by molar-refractivity contribution is -0.133. The van der Waals surface area contributed by atoms with Crippen LogP contribution in [0, 0.1) is 6.92 Å². The molecule has 0 aliphatic rings. The van der Waals surface area contributed by atoms with E-state index in [2.05, 4.69) is 34.4 Å². The summed E-state index contributed by atoms with van der Waals surface area (Å²) in [6.45, 7) is 3.93. The van der Waals surface area contributed by atoms with Gasteiger partial charge in [0.05, 0.1) is 23.8 Å². The van der Waals surface area contributed by atoms with Gasteiger partial charge in [0.1, 0.15) is 5.76 Å². The summed E-state index contributed by atoms with van der Waals surface area (Å²) in [6, 6.07) is 9.86. The number of furan rings is 1. The largest absolute Gasteiger partial charge is 0.481 e. The second kappa shape index (κ2) is 8.01. The lowest BCUT2D eigenvalue weighted by Gasteiger charge is -2.03. The molecular formula is C18H18N4O3S. The molecule has 0 amide bonds. The van der Waals surface area contributed by atoms with Crippen molar-refractivity contribution in [2.45, 2.75) is 25.4 Å². The topological polar surface area (TPSA) is 93.5 Å². The number of hydrogen-bond donors (Lipinski definition) is 1. The Morgan fingerprint density at radius 2 is 2.08 bits per heavy atom. The van der Waals surface area contributed by atoms with Gasteiger partial charge < -0.3 is 9.52 Å². The lowest BCUT2D eigenvalue weighted by Crippen LogP contribution is -2.01. The molecule has 0 atom stereocenters. The molecule has 8 heteroatoms. The SMILES string of the molecule is CCc1ccc(/C=N\n2c(SCC(=O)O)nnc2-c2ccoc2C)cc1. The van der Waals surface area contributed by atoms with Crippen molar-refractivity contribution >= 4 is 23.9 Å². The van der Waals surface area contributed by atoms with E-state index in [0.29, 0.717) is 16.7 Å². The predicted octanol–water partition coefficient (Wildman–Crippen LogP) is 3.47. The number of aryl methyl sites for hydroxylation is 2. The van der Waals surface area contributed by atoms with Crippen molar-refractivity contribution in [1.82, 2.24) is 14.9 Å². The van der Waals surface area contributed by atoms with Gasteiger partial charge in [0.15, 0.2) is 5.82 Å². The molecule has 0 spiro atoms. The van der Waals surface area contributed by atoms with Crippen molar-refractivity contribution in [3.05, 3.63) is 53.5 Å². The van der Waals surface area contributed by atoms with E-state index in [9.17, 15) is 4.79 Å². The molecule has 0 saturated carbocycles. The van der Waals surface area contributed by atoms with Crippen LogP contribution in [0.1, 0.15) is 23.8 Å². The third-order valence-corrected chi connectivity index (χ3v) is 4.65. The van der Waals surface area contributed by atoms with Crippen LogP contribution in [-0.2, 0) is 11.2 Å². The number of carboxylic acids is 1. The van der Waals surface area contributed by atoms with Gasteiger partial charge in [-0.3, -0.25) is 4.79 Å². The molecule has 0 radical (unpaired) electrons. The van der Waals surface area contributed by atoms with Gasteiger partial charge >= 0.3 is 5.97 Å². The first-order valence-corrected chi connectivity index (χ1v) is 9.04. The Morgan fingerprint density at radius 3 is 2.69 bits per heavy atom. The lowest BCUT2D eigenvalue weighted by atomic mass is 10.1. The smallest absolute Gasteiger partial charge is 0.313 e. The van der Waals surface area contributed by atoms with Crippen LogP contribution in [0.4, 0.5) is 0 Å². The van der Waals surface area contributed by atoms with E-state index >= 15 is 0 Å². The second-order valence-corrected chi connectivity index (χ2v) is 6.47. The molecule has 1 N–H and O–H groups in total. The van der Waals surface area contributed by atoms with Gasteiger partial charge in [-0.15, -0.1) is 10.2 Å². The number of aromatic nitrogens is 3. The van der Waals surface area contributed by atoms with Crippen LogP contribution in [0.2, 0.25) is 0 Å². The zero-order valence-corrected chi connectivity index (χ0v) is 15.2. The maximum atomic E-state index is 10.9. The van der Waals surface area contributed by atoms with E-state index in [1.807, 2.05) is 19.1 Å². The normalized spacial score (nSPS) is 11.3. The quantitative estimate of drug-likeness (QED) is 0.506. The predicted molar refractivity (Wildman–Crippen MR) is 99.6 cm³/mol. The Balaban J connectivity index is 1.95. The molecule has 3 rings (SSSR count). The average molecular weight is 370 g/mol. The zero-order chi connectivity index (χ0) is 18.5. The van der Waals surface area contributed by atoms with Gasteiger partial charge in [0.25, 0.3) is 0 Å². The summed E-state index contributed by atoms with van der Waals surface area (Å²) in [7, 11) is 0. The number of aliphatic carboxylic acids is 1. The van der Waals surface area contributed by atoms with E-state index < -0.39 is 5.97 Å². The minimum atomic E-state index is -0.926. The summed E-state index contributed by atoms with van der Waals surface area (Å²) in [5.41, 5.74) is 2.94. The van der Waals surface area contributed by atoms with Crippen molar-refractivity contribution in [3.8, 4) is 11.4 Å². The molecule has 0 fully saturated rings. The number of thioether (sulfide) groups is 1. The highest BCUT2D eigenvalue weighted by molar-refractivity contribution is 7.99. The molecule has 3 aromatic rings. The molecule has 1 aromatic carbocycles. The fraction of sp³-hybridized carbons (Fsp3) is 0.222. The van der Waals surface area contributed by atoms with Gasteiger partial charge in [0.2, 0.25) is 5.16 Å². The summed E-state index contributed by atoms with van der Waals surface area (Å²) in [4.78, 5) is 10.9. The molecule has 134 valence electrons. The summed E-state index contributed by atoms with van der Waals surface area (Å²) in [5, 5.41) is 22.1. The van der Waals surface area contributed by atoms with E-state index in [4.69, 9.17) is 9.52 Å². The van der Waals surface area contributed by atoms with Gasteiger partial charge in [-0.1, -0.05) is 43.0 Å². The van der Waals surface area contributed by atoms with Crippen LogP contribution < -0.4 is 0 Å². The average Bonchev–Trinajstić information content (AvgIpc) is 3.24. The third kappa shape index (κ3) is 4.02. The first kappa shape index (κ1) is 17.9. The number of rotatable bonds is 7. The molecule has 0 saturated heterocycles. The van der Waals surface area contributed by atoms with Crippen LogP contribution in [0.25, 0.3) is 11.4 Å². The van der Waals surface area contributed by atoms with Crippen molar-refractivity contribution in [1.29, 1.82) is 0 Å². The molecule has 0 unspecified atom stereocenters. The second-order valence-electron chi connectivity index (χ2n) is 5.53. The fourth-order valence-corrected chi connectivity index (χ4v) is 2.94. The van der Waals surface area contributed by atoms with Crippen molar-refractivity contribution in [2.75, 3.05) is 5.75 Å². The van der Waals surface area contributed by atoms with Crippen molar-refractivity contribution in [3.63, 3.8) is 0 Å². The summed E-state index contributed by atoms with van der Waals surface area (Å²) < 4.78 is 6.88.